The summed E-state index contributed by atoms with van der Waals surface area (Å²) in [4.78, 5) is 41.8. The molecule has 1 aliphatic rings. The lowest BCUT2D eigenvalue weighted by Gasteiger charge is -2.22. The molecule has 40 heavy (non-hydrogen) atoms. The van der Waals surface area contributed by atoms with E-state index in [9.17, 15) is 14.4 Å². The van der Waals surface area contributed by atoms with Gasteiger partial charge in [0.05, 0.1) is 4.91 Å². The highest BCUT2D eigenvalue weighted by Crippen LogP contribution is 2.36. The number of hydrogen-bond donors (Lipinski definition) is 1. The number of aryl methyl sites for hydroxylation is 1. The molecule has 3 aromatic rings. The fourth-order valence-corrected chi connectivity index (χ4v) is 5.48. The molecule has 0 aromatic heterocycles. The topological polar surface area (TPSA) is 79.0 Å². The molecule has 3 aromatic carbocycles. The molecule has 1 saturated heterocycles. The van der Waals surface area contributed by atoms with E-state index in [4.69, 9.17) is 27.9 Å². The third kappa shape index (κ3) is 7.18. The molecule has 7 nitrogen and oxygen atoms in total. The van der Waals surface area contributed by atoms with Crippen LogP contribution in [-0.2, 0) is 16.2 Å². The van der Waals surface area contributed by atoms with Crippen LogP contribution in [0.25, 0.3) is 6.08 Å². The predicted octanol–water partition coefficient (Wildman–Crippen LogP) is 7.40. The van der Waals surface area contributed by atoms with Crippen LogP contribution in [0.15, 0.2) is 65.6 Å². The number of carbonyl (C=O) groups excluding carboxylic acids is 3. The second kappa shape index (κ2) is 13.3. The van der Waals surface area contributed by atoms with Crippen molar-refractivity contribution in [1.29, 1.82) is 0 Å². The minimum atomic E-state index is -0.533. The minimum Gasteiger partial charge on any atom is -0.488 e. The lowest BCUT2D eigenvalue weighted by atomic mass is 10.1. The number of rotatable bonds is 10. The van der Waals surface area contributed by atoms with Gasteiger partial charge in [0.2, 0.25) is 5.91 Å². The van der Waals surface area contributed by atoms with Gasteiger partial charge < -0.3 is 15.0 Å². The van der Waals surface area contributed by atoms with E-state index in [1.807, 2.05) is 43.3 Å². The molecule has 0 saturated carbocycles. The van der Waals surface area contributed by atoms with Crippen molar-refractivity contribution in [3.05, 3.63) is 92.3 Å². The average Bonchev–Trinajstić information content (AvgIpc) is 3.17. The molecule has 1 N–H and O–H groups in total. The molecule has 0 spiro atoms. The zero-order chi connectivity index (χ0) is 28.8. The van der Waals surface area contributed by atoms with E-state index in [-0.39, 0.29) is 18.1 Å². The van der Waals surface area contributed by atoms with Gasteiger partial charge in [-0.05, 0) is 80.6 Å². The molecule has 0 atom stereocenters. The monoisotopic (exact) mass is 597 g/mol. The average molecular weight is 599 g/mol. The van der Waals surface area contributed by atoms with Crippen molar-refractivity contribution in [3.63, 3.8) is 0 Å². The molecule has 0 radical (unpaired) electrons. The Morgan fingerprint density at radius 2 is 1.82 bits per heavy atom. The lowest BCUT2D eigenvalue weighted by Crippen LogP contribution is -2.36. The zero-order valence-corrected chi connectivity index (χ0v) is 24.7. The van der Waals surface area contributed by atoms with Gasteiger partial charge in [0.1, 0.15) is 18.9 Å². The highest BCUT2D eigenvalue weighted by Gasteiger charge is 2.36. The Bertz CT molecular complexity index is 1470. The van der Waals surface area contributed by atoms with E-state index in [1.54, 1.807) is 30.3 Å². The van der Waals surface area contributed by atoms with E-state index in [1.165, 1.54) is 0 Å². The number of imide groups is 1. The van der Waals surface area contributed by atoms with Crippen molar-refractivity contribution in [2.45, 2.75) is 27.4 Å². The summed E-state index contributed by atoms with van der Waals surface area (Å²) < 4.78 is 6.18. The van der Waals surface area contributed by atoms with Gasteiger partial charge in [-0.1, -0.05) is 41.4 Å². The van der Waals surface area contributed by atoms with Gasteiger partial charge in [-0.2, -0.15) is 0 Å². The van der Waals surface area contributed by atoms with Crippen LogP contribution < -0.4 is 15.0 Å². The van der Waals surface area contributed by atoms with Gasteiger partial charge in [0.25, 0.3) is 11.1 Å². The number of benzene rings is 3. The normalized spacial score (nSPS) is 14.1. The summed E-state index contributed by atoms with van der Waals surface area (Å²) in [5, 5.41) is 3.24. The van der Waals surface area contributed by atoms with Crippen LogP contribution in [0.4, 0.5) is 16.2 Å². The first-order chi connectivity index (χ1) is 19.2. The van der Waals surface area contributed by atoms with Gasteiger partial charge in [-0.15, -0.1) is 0 Å². The van der Waals surface area contributed by atoms with Gasteiger partial charge in [-0.3, -0.25) is 19.3 Å². The summed E-state index contributed by atoms with van der Waals surface area (Å²) in [6.45, 7) is 7.46. The van der Waals surface area contributed by atoms with Gasteiger partial charge in [-0.25, -0.2) is 0 Å². The predicted molar refractivity (Wildman–Crippen MR) is 163 cm³/mol. The van der Waals surface area contributed by atoms with Crippen molar-refractivity contribution in [2.24, 2.45) is 0 Å². The molecule has 0 aliphatic carbocycles. The number of hydrogen-bond acceptors (Lipinski definition) is 6. The summed E-state index contributed by atoms with van der Waals surface area (Å²) in [5.41, 5.74) is 3.92. The standard InChI is InChI=1S/C30H29Cl2N3O4S/c1-4-34(5-2)24-12-10-20(26(16-24)39-18-21-9-11-22(31)15-25(21)32)14-27-29(37)35(30(38)40-27)17-28(36)33-23-8-6-7-19(3)13-23/h6-16H,4-5,17-18H2,1-3H3,(H,33,36)/b27-14+. The zero-order valence-electron chi connectivity index (χ0n) is 22.4. The summed E-state index contributed by atoms with van der Waals surface area (Å²) >= 11 is 13.2. The van der Waals surface area contributed by atoms with E-state index >= 15 is 0 Å². The van der Waals surface area contributed by atoms with Crippen molar-refractivity contribution in [1.82, 2.24) is 4.90 Å². The number of halogens is 2. The van der Waals surface area contributed by atoms with Crippen molar-refractivity contribution in [2.75, 3.05) is 29.9 Å². The molecule has 0 unspecified atom stereocenters. The highest BCUT2D eigenvalue weighted by molar-refractivity contribution is 8.18. The van der Waals surface area contributed by atoms with Crippen LogP contribution >= 0.6 is 35.0 Å². The maximum atomic E-state index is 13.2. The Labute approximate surface area is 248 Å². The molecular formula is C30H29Cl2N3O4S. The summed E-state index contributed by atoms with van der Waals surface area (Å²) in [7, 11) is 0. The first-order valence-corrected chi connectivity index (χ1v) is 14.3. The molecule has 4 rings (SSSR count). The summed E-state index contributed by atoms with van der Waals surface area (Å²) in [5.74, 6) is -0.463. The van der Waals surface area contributed by atoms with Crippen molar-refractivity contribution >= 4 is 69.5 Å². The van der Waals surface area contributed by atoms with E-state index in [0.29, 0.717) is 27.0 Å². The molecule has 10 heteroatoms. The Hall–Kier alpha value is -3.46. The molecule has 1 aliphatic heterocycles. The van der Waals surface area contributed by atoms with Crippen molar-refractivity contribution < 1.29 is 19.1 Å². The van der Waals surface area contributed by atoms with Gasteiger partial charge in [0, 0.05) is 51.7 Å². The first-order valence-electron chi connectivity index (χ1n) is 12.8. The Kier molecular flexibility index (Phi) is 9.79. The Balaban J connectivity index is 1.56. The molecular weight excluding hydrogens is 569 g/mol. The van der Waals surface area contributed by atoms with E-state index in [0.717, 1.165) is 46.6 Å². The number of carbonyl (C=O) groups is 3. The number of ether oxygens (including phenoxy) is 1. The number of amides is 3. The van der Waals surface area contributed by atoms with Crippen LogP contribution in [0.5, 0.6) is 5.75 Å². The van der Waals surface area contributed by atoms with Crippen LogP contribution in [0, 0.1) is 6.92 Å². The summed E-state index contributed by atoms with van der Waals surface area (Å²) in [6, 6.07) is 18.2. The SMILES string of the molecule is CCN(CC)c1ccc(/C=C2/SC(=O)N(CC(=O)Nc3cccc(C)c3)C2=O)c(OCc2ccc(Cl)cc2Cl)c1. The molecule has 208 valence electrons. The highest BCUT2D eigenvalue weighted by atomic mass is 35.5. The third-order valence-corrected chi connectivity index (χ3v) is 7.78. The van der Waals surface area contributed by atoms with Gasteiger partial charge >= 0.3 is 0 Å². The fourth-order valence-electron chi connectivity index (χ4n) is 4.19. The van der Waals surface area contributed by atoms with E-state index < -0.39 is 17.1 Å². The Morgan fingerprint density at radius 3 is 2.52 bits per heavy atom. The number of nitrogens with zero attached hydrogens (tertiary/aromatic N) is 2. The first kappa shape index (κ1) is 29.5. The van der Waals surface area contributed by atoms with Crippen LogP contribution in [-0.4, -0.2) is 41.6 Å². The number of thioether (sulfide) groups is 1. The van der Waals surface area contributed by atoms with E-state index in [2.05, 4.69) is 24.1 Å². The molecule has 1 heterocycles. The van der Waals surface area contributed by atoms with Crippen LogP contribution in [0.1, 0.15) is 30.5 Å². The lowest BCUT2D eigenvalue weighted by molar-refractivity contribution is -0.127. The largest absolute Gasteiger partial charge is 0.488 e. The maximum absolute atomic E-state index is 13.2. The van der Waals surface area contributed by atoms with Crippen LogP contribution in [0.3, 0.4) is 0 Å². The fraction of sp³-hybridized carbons (Fsp3) is 0.233. The Morgan fingerprint density at radius 1 is 1.05 bits per heavy atom. The quantitative estimate of drug-likeness (QED) is 0.245. The second-order valence-corrected chi connectivity index (χ2v) is 10.9. The second-order valence-electron chi connectivity index (χ2n) is 9.10. The number of anilines is 2. The maximum Gasteiger partial charge on any atom is 0.294 e. The minimum absolute atomic E-state index is 0.180. The van der Waals surface area contributed by atoms with Crippen molar-refractivity contribution in [3.8, 4) is 5.75 Å². The molecule has 0 bridgehead atoms. The number of nitrogens with one attached hydrogen (secondary N) is 1. The third-order valence-electron chi connectivity index (χ3n) is 6.29. The molecule has 3 amide bonds. The summed E-state index contributed by atoms with van der Waals surface area (Å²) in [6.07, 6.45) is 1.62. The van der Waals surface area contributed by atoms with Gasteiger partial charge in [0.15, 0.2) is 0 Å². The molecule has 1 fully saturated rings. The van der Waals surface area contributed by atoms with Crippen LogP contribution in [0.2, 0.25) is 10.0 Å². The smallest absolute Gasteiger partial charge is 0.294 e.